The van der Waals surface area contributed by atoms with Crippen LogP contribution in [0.1, 0.15) is 53.2 Å². The van der Waals surface area contributed by atoms with E-state index < -0.39 is 6.10 Å². The Bertz CT molecular complexity index is 576. The molecule has 1 heterocycles. The predicted molar refractivity (Wildman–Crippen MR) is 91.9 cm³/mol. The van der Waals surface area contributed by atoms with Gasteiger partial charge in [-0.05, 0) is 37.5 Å². The number of aromatic nitrogens is 1. The lowest BCUT2D eigenvalue weighted by atomic mass is 10.0. The number of unbranched alkanes of at least 4 members (excludes halogenated alkanes) is 1. The Morgan fingerprint density at radius 1 is 1.19 bits per heavy atom. The van der Waals surface area contributed by atoms with Crippen LogP contribution in [0.2, 0.25) is 0 Å². The molecule has 0 aliphatic heterocycles. The number of aliphatic hydroxyl groups excluding tert-OH is 1. The maximum absolute atomic E-state index is 10.6. The highest BCUT2D eigenvalue weighted by Gasteiger charge is 2.24. The van der Waals surface area contributed by atoms with Gasteiger partial charge in [-0.15, -0.1) is 0 Å². The summed E-state index contributed by atoms with van der Waals surface area (Å²) in [6, 6.07) is 12.0. The lowest BCUT2D eigenvalue weighted by Crippen LogP contribution is -2.12. The number of benzene rings is 1. The highest BCUT2D eigenvalue weighted by molar-refractivity contribution is 9.09. The van der Waals surface area contributed by atoms with Crippen LogP contribution in [0.3, 0.4) is 0 Å². The van der Waals surface area contributed by atoms with E-state index in [2.05, 4.69) is 47.3 Å². The monoisotopic (exact) mass is 349 g/mol. The van der Waals surface area contributed by atoms with Crippen molar-refractivity contribution in [3.8, 4) is 0 Å². The Morgan fingerprint density at radius 2 is 1.86 bits per heavy atom. The van der Waals surface area contributed by atoms with Crippen molar-refractivity contribution in [2.75, 3.05) is 0 Å². The van der Waals surface area contributed by atoms with E-state index in [1.807, 2.05) is 30.3 Å². The summed E-state index contributed by atoms with van der Waals surface area (Å²) in [6.45, 7) is 7.50. The number of hydrogen-bond donors (Lipinski definition) is 1. The lowest BCUT2D eigenvalue weighted by molar-refractivity contribution is 0.174. The molecule has 2 aromatic rings. The van der Waals surface area contributed by atoms with Crippen LogP contribution in [0.4, 0.5) is 0 Å². The quantitative estimate of drug-likeness (QED) is 0.723. The molecule has 2 nitrogen and oxygen atoms in total. The Labute approximate surface area is 135 Å². The molecule has 0 aliphatic carbocycles. The fourth-order valence-corrected chi connectivity index (χ4v) is 3.32. The fraction of sp³-hybridized carbons (Fsp3) is 0.444. The van der Waals surface area contributed by atoms with Gasteiger partial charge < -0.3 is 9.67 Å². The molecule has 0 fully saturated rings. The molecule has 0 saturated heterocycles. The van der Waals surface area contributed by atoms with Crippen molar-refractivity contribution in [2.24, 2.45) is 0 Å². The van der Waals surface area contributed by atoms with Gasteiger partial charge in [0.25, 0.3) is 0 Å². The van der Waals surface area contributed by atoms with Crippen LogP contribution in [0, 0.1) is 13.8 Å². The molecule has 2 atom stereocenters. The molecule has 21 heavy (non-hydrogen) atoms. The lowest BCUT2D eigenvalue weighted by Gasteiger charge is -2.21. The third-order valence-electron chi connectivity index (χ3n) is 4.09. The normalized spacial score (nSPS) is 14.1. The van der Waals surface area contributed by atoms with Gasteiger partial charge in [-0.25, -0.2) is 0 Å². The number of alkyl halides is 1. The van der Waals surface area contributed by atoms with E-state index in [-0.39, 0.29) is 4.83 Å². The van der Waals surface area contributed by atoms with Gasteiger partial charge in [0.05, 0.1) is 10.9 Å². The third kappa shape index (κ3) is 3.58. The zero-order chi connectivity index (χ0) is 15.4. The first-order valence-corrected chi connectivity index (χ1v) is 8.51. The van der Waals surface area contributed by atoms with Crippen molar-refractivity contribution in [2.45, 2.75) is 51.1 Å². The summed E-state index contributed by atoms with van der Waals surface area (Å²) in [5, 5.41) is 10.6. The molecule has 1 aromatic carbocycles. The second kappa shape index (κ2) is 7.28. The summed E-state index contributed by atoms with van der Waals surface area (Å²) in [7, 11) is 0. The molecule has 3 heteroatoms. The zero-order valence-corrected chi connectivity index (χ0v) is 14.6. The molecule has 1 aromatic heterocycles. The first kappa shape index (κ1) is 16.3. The van der Waals surface area contributed by atoms with Crippen molar-refractivity contribution >= 4 is 15.9 Å². The van der Waals surface area contributed by atoms with Crippen LogP contribution in [0.25, 0.3) is 0 Å². The van der Waals surface area contributed by atoms with Crippen molar-refractivity contribution in [3.63, 3.8) is 0 Å². The number of hydrogen-bond acceptors (Lipinski definition) is 1. The predicted octanol–water partition coefficient (Wildman–Crippen LogP) is 5.07. The number of halogens is 1. The molecule has 0 bridgehead atoms. The molecule has 0 amide bonds. The summed E-state index contributed by atoms with van der Waals surface area (Å²) in [5.41, 5.74) is 4.68. The first-order chi connectivity index (χ1) is 10.1. The molecule has 0 saturated carbocycles. The summed E-state index contributed by atoms with van der Waals surface area (Å²) >= 11 is 3.71. The Morgan fingerprint density at radius 3 is 2.48 bits per heavy atom. The second-order valence-electron chi connectivity index (χ2n) is 5.60. The number of rotatable bonds is 6. The molecular weight excluding hydrogens is 326 g/mol. The first-order valence-electron chi connectivity index (χ1n) is 7.60. The molecule has 0 spiro atoms. The second-order valence-corrected chi connectivity index (χ2v) is 6.59. The van der Waals surface area contributed by atoms with Crippen molar-refractivity contribution in [1.29, 1.82) is 0 Å². The zero-order valence-electron chi connectivity index (χ0n) is 13.0. The highest BCUT2D eigenvalue weighted by Crippen LogP contribution is 2.38. The molecule has 2 unspecified atom stereocenters. The summed E-state index contributed by atoms with van der Waals surface area (Å²) in [4.78, 5) is -0.0934. The molecule has 0 aliphatic rings. The van der Waals surface area contributed by atoms with E-state index in [1.165, 1.54) is 17.7 Å². The van der Waals surface area contributed by atoms with E-state index in [9.17, 15) is 5.11 Å². The topological polar surface area (TPSA) is 25.2 Å². The number of aryl methyl sites for hydroxylation is 1. The van der Waals surface area contributed by atoms with Gasteiger partial charge in [-0.3, -0.25) is 0 Å². The van der Waals surface area contributed by atoms with E-state index in [0.717, 1.165) is 24.2 Å². The summed E-state index contributed by atoms with van der Waals surface area (Å²) in [6.07, 6.45) is 1.79. The maximum atomic E-state index is 10.6. The van der Waals surface area contributed by atoms with Crippen molar-refractivity contribution in [3.05, 3.63) is 58.9 Å². The van der Waals surface area contributed by atoms with E-state index in [4.69, 9.17) is 0 Å². The summed E-state index contributed by atoms with van der Waals surface area (Å²) in [5.74, 6) is 0. The van der Waals surface area contributed by atoms with Crippen molar-refractivity contribution in [1.82, 2.24) is 4.57 Å². The molecule has 2 rings (SSSR count). The molecule has 114 valence electrons. The average molecular weight is 350 g/mol. The van der Waals surface area contributed by atoms with E-state index in [1.54, 1.807) is 0 Å². The highest BCUT2D eigenvalue weighted by atomic mass is 79.9. The minimum atomic E-state index is -0.541. The fourth-order valence-electron chi connectivity index (χ4n) is 2.63. The molecular formula is C18H24BrNO. The van der Waals surface area contributed by atoms with Crippen LogP contribution in [0.15, 0.2) is 36.4 Å². The maximum Gasteiger partial charge on any atom is 0.0970 e. The average Bonchev–Trinajstić information content (AvgIpc) is 2.80. The Balaban J connectivity index is 2.30. The summed E-state index contributed by atoms with van der Waals surface area (Å²) < 4.78 is 2.34. The third-order valence-corrected chi connectivity index (χ3v) is 5.06. The van der Waals surface area contributed by atoms with Gasteiger partial charge in [0.15, 0.2) is 0 Å². The van der Waals surface area contributed by atoms with E-state index >= 15 is 0 Å². The van der Waals surface area contributed by atoms with Gasteiger partial charge in [0, 0.05) is 17.9 Å². The number of nitrogens with zero attached hydrogens (tertiary/aromatic N) is 1. The smallest absolute Gasteiger partial charge is 0.0970 e. The number of aliphatic hydroxyl groups is 1. The van der Waals surface area contributed by atoms with Crippen LogP contribution in [0.5, 0.6) is 0 Å². The van der Waals surface area contributed by atoms with Gasteiger partial charge in [-0.1, -0.05) is 59.6 Å². The van der Waals surface area contributed by atoms with Crippen LogP contribution in [-0.2, 0) is 6.54 Å². The minimum Gasteiger partial charge on any atom is -0.387 e. The molecule has 0 radical (unpaired) electrons. The largest absolute Gasteiger partial charge is 0.387 e. The standard InChI is InChI=1S/C18H24BrNO/c1-4-5-11-20-14(3)13(2)12-16(20)17(19)18(21)15-9-7-6-8-10-15/h6-10,12,17-18,21H,4-5,11H2,1-3H3. The van der Waals surface area contributed by atoms with Gasteiger partial charge in [0.1, 0.15) is 0 Å². The van der Waals surface area contributed by atoms with Gasteiger partial charge in [-0.2, -0.15) is 0 Å². The van der Waals surface area contributed by atoms with Crippen LogP contribution >= 0.6 is 15.9 Å². The van der Waals surface area contributed by atoms with Crippen LogP contribution < -0.4 is 0 Å². The van der Waals surface area contributed by atoms with Crippen molar-refractivity contribution < 1.29 is 5.11 Å². The van der Waals surface area contributed by atoms with Gasteiger partial charge in [0.2, 0.25) is 0 Å². The van der Waals surface area contributed by atoms with Crippen LogP contribution in [-0.4, -0.2) is 9.67 Å². The van der Waals surface area contributed by atoms with E-state index in [0.29, 0.717) is 0 Å². The molecule has 1 N–H and O–H groups in total. The van der Waals surface area contributed by atoms with Gasteiger partial charge >= 0.3 is 0 Å². The Hall–Kier alpha value is -1.06. The minimum absolute atomic E-state index is 0.0934. The SMILES string of the molecule is CCCCn1c(C(Br)C(O)c2ccccc2)cc(C)c1C. The Kier molecular flexibility index (Phi) is 5.65.